The molecule has 0 atom stereocenters. The predicted octanol–water partition coefficient (Wildman–Crippen LogP) is 3.58. The number of benzene rings is 1. The van der Waals surface area contributed by atoms with Crippen LogP contribution in [0.2, 0.25) is 5.15 Å². The Labute approximate surface area is 124 Å². The van der Waals surface area contributed by atoms with Crippen molar-refractivity contribution < 1.29 is 0 Å². The van der Waals surface area contributed by atoms with Gasteiger partial charge in [-0.15, -0.1) is 0 Å². The smallest absolute Gasteiger partial charge is 0.255 e. The second kappa shape index (κ2) is 5.10. The summed E-state index contributed by atoms with van der Waals surface area (Å²) in [4.78, 5) is 16.4. The Bertz CT molecular complexity index is 679. The normalized spacial score (nSPS) is 14.6. The Morgan fingerprint density at radius 3 is 2.84 bits per heavy atom. The van der Waals surface area contributed by atoms with Gasteiger partial charge in [-0.2, -0.15) is 0 Å². The third kappa shape index (κ3) is 2.90. The summed E-state index contributed by atoms with van der Waals surface area (Å²) < 4.78 is 2.73. The first-order chi connectivity index (χ1) is 9.13. The highest BCUT2D eigenvalue weighted by atomic mass is 79.9. The number of rotatable bonds is 3. The molecule has 3 nitrogen and oxygen atoms in total. The van der Waals surface area contributed by atoms with E-state index in [2.05, 4.69) is 20.9 Å². The van der Waals surface area contributed by atoms with E-state index in [1.54, 1.807) is 4.57 Å². The molecular weight excluding hydrogens is 328 g/mol. The number of nitrogens with zero attached hydrogens (tertiary/aromatic N) is 2. The van der Waals surface area contributed by atoms with Crippen molar-refractivity contribution in [3.63, 3.8) is 0 Å². The van der Waals surface area contributed by atoms with Gasteiger partial charge in [-0.1, -0.05) is 39.7 Å². The van der Waals surface area contributed by atoms with Crippen LogP contribution in [0.4, 0.5) is 0 Å². The number of hydrogen-bond donors (Lipinski definition) is 0. The molecule has 1 heterocycles. The molecular formula is C14H12BrClN2O. The van der Waals surface area contributed by atoms with Crippen LogP contribution < -0.4 is 5.56 Å². The van der Waals surface area contributed by atoms with Crippen molar-refractivity contribution in [1.29, 1.82) is 0 Å². The number of hydrogen-bond acceptors (Lipinski definition) is 2. The fraction of sp³-hybridized carbons (Fsp3) is 0.286. The standard InChI is InChI=1S/C14H12BrClN2O/c15-11-3-1-2-9(6-11)8-18-13(19)7-12(16)17-14(18)10-4-5-10/h1-3,6-7,10H,4-5,8H2. The highest BCUT2D eigenvalue weighted by Gasteiger charge is 2.28. The molecule has 0 amide bonds. The first kappa shape index (κ1) is 12.9. The van der Waals surface area contributed by atoms with Crippen LogP contribution in [-0.4, -0.2) is 9.55 Å². The second-order valence-corrected chi connectivity index (χ2v) is 6.07. The third-order valence-electron chi connectivity index (χ3n) is 3.18. The van der Waals surface area contributed by atoms with E-state index >= 15 is 0 Å². The van der Waals surface area contributed by atoms with E-state index in [9.17, 15) is 4.79 Å². The molecule has 0 spiro atoms. The average Bonchev–Trinajstić information content (AvgIpc) is 3.16. The highest BCUT2D eigenvalue weighted by Crippen LogP contribution is 2.38. The Hall–Kier alpha value is -1.13. The molecule has 1 fully saturated rings. The molecule has 5 heteroatoms. The summed E-state index contributed by atoms with van der Waals surface area (Å²) in [5.41, 5.74) is 0.990. The summed E-state index contributed by atoms with van der Waals surface area (Å²) in [7, 11) is 0. The lowest BCUT2D eigenvalue weighted by molar-refractivity contribution is 0.669. The lowest BCUT2D eigenvalue weighted by atomic mass is 10.2. The SMILES string of the molecule is O=c1cc(Cl)nc(C2CC2)n1Cc1cccc(Br)c1. The molecule has 2 aromatic rings. The molecule has 98 valence electrons. The van der Waals surface area contributed by atoms with Crippen LogP contribution in [0.1, 0.15) is 30.1 Å². The minimum Gasteiger partial charge on any atom is -0.292 e. The van der Waals surface area contributed by atoms with E-state index in [1.807, 2.05) is 24.3 Å². The van der Waals surface area contributed by atoms with Crippen LogP contribution in [0.5, 0.6) is 0 Å². The summed E-state index contributed by atoms with van der Waals surface area (Å²) in [5, 5.41) is 0.289. The van der Waals surface area contributed by atoms with Gasteiger partial charge in [-0.05, 0) is 30.5 Å². The molecule has 1 aliphatic rings. The first-order valence-electron chi connectivity index (χ1n) is 6.15. The van der Waals surface area contributed by atoms with Crippen LogP contribution in [0, 0.1) is 0 Å². The zero-order valence-electron chi connectivity index (χ0n) is 10.1. The first-order valence-corrected chi connectivity index (χ1v) is 7.32. The van der Waals surface area contributed by atoms with Gasteiger partial charge in [-0.3, -0.25) is 9.36 Å². The molecule has 0 unspecified atom stereocenters. The van der Waals surface area contributed by atoms with Gasteiger partial charge in [0.1, 0.15) is 11.0 Å². The fourth-order valence-electron chi connectivity index (χ4n) is 2.12. The maximum Gasteiger partial charge on any atom is 0.255 e. The topological polar surface area (TPSA) is 34.9 Å². The quantitative estimate of drug-likeness (QED) is 0.801. The summed E-state index contributed by atoms with van der Waals surface area (Å²) in [6.45, 7) is 0.536. The zero-order chi connectivity index (χ0) is 13.4. The van der Waals surface area contributed by atoms with Crippen LogP contribution in [-0.2, 0) is 6.54 Å². The second-order valence-electron chi connectivity index (χ2n) is 4.77. The van der Waals surface area contributed by atoms with Crippen molar-refractivity contribution in [2.45, 2.75) is 25.3 Å². The van der Waals surface area contributed by atoms with Gasteiger partial charge < -0.3 is 0 Å². The van der Waals surface area contributed by atoms with Crippen molar-refractivity contribution in [3.05, 3.63) is 61.7 Å². The van der Waals surface area contributed by atoms with Gasteiger partial charge in [-0.25, -0.2) is 4.98 Å². The van der Waals surface area contributed by atoms with Gasteiger partial charge in [0.2, 0.25) is 0 Å². The molecule has 1 aromatic heterocycles. The van der Waals surface area contributed by atoms with Gasteiger partial charge in [0.25, 0.3) is 5.56 Å². The van der Waals surface area contributed by atoms with Gasteiger partial charge in [0, 0.05) is 16.5 Å². The monoisotopic (exact) mass is 338 g/mol. The highest BCUT2D eigenvalue weighted by molar-refractivity contribution is 9.10. The number of halogens is 2. The molecule has 1 aromatic carbocycles. The van der Waals surface area contributed by atoms with E-state index in [4.69, 9.17) is 11.6 Å². The minimum atomic E-state index is -0.0816. The van der Waals surface area contributed by atoms with Crippen molar-refractivity contribution in [2.24, 2.45) is 0 Å². The summed E-state index contributed by atoms with van der Waals surface area (Å²) in [6.07, 6.45) is 2.18. The van der Waals surface area contributed by atoms with Crippen LogP contribution in [0.3, 0.4) is 0 Å². The van der Waals surface area contributed by atoms with Gasteiger partial charge >= 0.3 is 0 Å². The summed E-state index contributed by atoms with van der Waals surface area (Å²) >= 11 is 9.33. The van der Waals surface area contributed by atoms with E-state index in [-0.39, 0.29) is 10.7 Å². The lowest BCUT2D eigenvalue weighted by Crippen LogP contribution is -2.24. The zero-order valence-corrected chi connectivity index (χ0v) is 12.5. The fourth-order valence-corrected chi connectivity index (χ4v) is 2.75. The maximum absolute atomic E-state index is 12.1. The largest absolute Gasteiger partial charge is 0.292 e. The Morgan fingerprint density at radius 1 is 1.37 bits per heavy atom. The van der Waals surface area contributed by atoms with E-state index in [0.29, 0.717) is 12.5 Å². The van der Waals surface area contributed by atoms with Crippen LogP contribution in [0.25, 0.3) is 0 Å². The molecule has 1 saturated carbocycles. The predicted molar refractivity (Wildman–Crippen MR) is 78.7 cm³/mol. The Balaban J connectivity index is 2.02. The molecule has 0 radical (unpaired) electrons. The molecule has 1 aliphatic carbocycles. The molecule has 0 saturated heterocycles. The maximum atomic E-state index is 12.1. The summed E-state index contributed by atoms with van der Waals surface area (Å²) in [5.74, 6) is 1.20. The van der Waals surface area contributed by atoms with E-state index in [0.717, 1.165) is 28.7 Å². The Morgan fingerprint density at radius 2 is 2.16 bits per heavy atom. The molecule has 3 rings (SSSR count). The Kier molecular flexibility index (Phi) is 3.46. The average molecular weight is 340 g/mol. The lowest BCUT2D eigenvalue weighted by Gasteiger charge is -2.11. The van der Waals surface area contributed by atoms with Crippen LogP contribution >= 0.6 is 27.5 Å². The van der Waals surface area contributed by atoms with Crippen molar-refractivity contribution in [3.8, 4) is 0 Å². The molecule has 19 heavy (non-hydrogen) atoms. The van der Waals surface area contributed by atoms with Crippen molar-refractivity contribution >= 4 is 27.5 Å². The van der Waals surface area contributed by atoms with E-state index in [1.165, 1.54) is 6.07 Å². The van der Waals surface area contributed by atoms with Gasteiger partial charge in [0.05, 0.1) is 6.54 Å². The van der Waals surface area contributed by atoms with Crippen molar-refractivity contribution in [2.75, 3.05) is 0 Å². The third-order valence-corrected chi connectivity index (χ3v) is 3.87. The van der Waals surface area contributed by atoms with Crippen LogP contribution in [0.15, 0.2) is 39.6 Å². The minimum absolute atomic E-state index is 0.0816. The van der Waals surface area contributed by atoms with Gasteiger partial charge in [0.15, 0.2) is 0 Å². The number of aromatic nitrogens is 2. The van der Waals surface area contributed by atoms with E-state index < -0.39 is 0 Å². The van der Waals surface area contributed by atoms with Crippen molar-refractivity contribution in [1.82, 2.24) is 9.55 Å². The molecule has 0 aliphatic heterocycles. The molecule has 0 N–H and O–H groups in total. The summed E-state index contributed by atoms with van der Waals surface area (Å²) in [6, 6.07) is 9.32. The molecule has 0 bridgehead atoms.